The molecule has 0 aliphatic heterocycles. The molecular formula is C18H17Br2N5O3S. The number of furan rings is 1. The van der Waals surface area contributed by atoms with E-state index in [0.717, 1.165) is 8.95 Å². The third kappa shape index (κ3) is 5.71. The number of anilines is 1. The number of hydrogen-bond donors (Lipinski definition) is 2. The minimum atomic E-state index is -0.325. The average molecular weight is 543 g/mol. The van der Waals surface area contributed by atoms with Gasteiger partial charge in [0, 0.05) is 15.5 Å². The number of carbonyl (C=O) groups is 2. The maximum Gasteiger partial charge on any atom is 0.287 e. The van der Waals surface area contributed by atoms with Gasteiger partial charge in [-0.1, -0.05) is 27.7 Å². The smallest absolute Gasteiger partial charge is 0.287 e. The molecule has 0 atom stereocenters. The molecule has 0 aliphatic rings. The minimum absolute atomic E-state index is 0.160. The predicted octanol–water partition coefficient (Wildman–Crippen LogP) is 4.08. The molecule has 152 valence electrons. The fraction of sp³-hybridized carbons (Fsp3) is 0.222. The minimum Gasteiger partial charge on any atom is -0.459 e. The topological polar surface area (TPSA) is 102 Å². The van der Waals surface area contributed by atoms with Gasteiger partial charge in [-0.2, -0.15) is 0 Å². The maximum absolute atomic E-state index is 12.3. The number of halogens is 2. The monoisotopic (exact) mass is 541 g/mol. The van der Waals surface area contributed by atoms with Crippen molar-refractivity contribution in [2.24, 2.45) is 0 Å². The molecule has 0 saturated carbocycles. The van der Waals surface area contributed by atoms with Crippen LogP contribution in [0.25, 0.3) is 0 Å². The van der Waals surface area contributed by atoms with Crippen molar-refractivity contribution in [3.05, 3.63) is 57.1 Å². The first-order valence-electron chi connectivity index (χ1n) is 8.59. The Morgan fingerprint density at radius 1 is 1.24 bits per heavy atom. The zero-order valence-electron chi connectivity index (χ0n) is 15.3. The summed E-state index contributed by atoms with van der Waals surface area (Å²) in [6, 6.07) is 8.79. The Morgan fingerprint density at radius 3 is 2.79 bits per heavy atom. The molecule has 8 nitrogen and oxygen atoms in total. The molecule has 3 aromatic rings. The van der Waals surface area contributed by atoms with Gasteiger partial charge in [0.2, 0.25) is 5.91 Å². The summed E-state index contributed by atoms with van der Waals surface area (Å²) in [5, 5.41) is 14.5. The van der Waals surface area contributed by atoms with Crippen LogP contribution in [0.1, 0.15) is 23.3 Å². The van der Waals surface area contributed by atoms with E-state index in [4.69, 9.17) is 4.42 Å². The predicted molar refractivity (Wildman–Crippen MR) is 117 cm³/mol. The second-order valence-electron chi connectivity index (χ2n) is 5.76. The molecule has 2 amide bonds. The van der Waals surface area contributed by atoms with E-state index in [0.29, 0.717) is 23.2 Å². The van der Waals surface area contributed by atoms with Gasteiger partial charge >= 0.3 is 0 Å². The van der Waals surface area contributed by atoms with E-state index in [-0.39, 0.29) is 29.9 Å². The third-order valence-electron chi connectivity index (χ3n) is 3.80. The Balaban J connectivity index is 1.57. The van der Waals surface area contributed by atoms with Crippen LogP contribution in [0.15, 0.2) is 55.1 Å². The lowest BCUT2D eigenvalue weighted by molar-refractivity contribution is -0.113. The average Bonchev–Trinajstić information content (AvgIpc) is 3.37. The first-order valence-corrected chi connectivity index (χ1v) is 11.2. The van der Waals surface area contributed by atoms with Gasteiger partial charge in [0.15, 0.2) is 16.7 Å². The normalized spacial score (nSPS) is 10.7. The Bertz CT molecular complexity index is 1010. The number of benzene rings is 1. The number of rotatable bonds is 8. The van der Waals surface area contributed by atoms with Crippen molar-refractivity contribution < 1.29 is 14.0 Å². The molecule has 0 radical (unpaired) electrons. The fourth-order valence-corrected chi connectivity index (χ4v) is 3.97. The van der Waals surface area contributed by atoms with Gasteiger partial charge in [0.1, 0.15) is 0 Å². The summed E-state index contributed by atoms with van der Waals surface area (Å²) >= 11 is 8.08. The van der Waals surface area contributed by atoms with Crippen LogP contribution in [0.3, 0.4) is 0 Å². The summed E-state index contributed by atoms with van der Waals surface area (Å²) in [7, 11) is 0. The van der Waals surface area contributed by atoms with Gasteiger partial charge < -0.3 is 19.6 Å². The Hall–Kier alpha value is -2.11. The van der Waals surface area contributed by atoms with E-state index in [1.54, 1.807) is 12.1 Å². The van der Waals surface area contributed by atoms with E-state index in [1.165, 1.54) is 18.0 Å². The van der Waals surface area contributed by atoms with Crippen molar-refractivity contribution in [2.45, 2.75) is 25.2 Å². The molecule has 29 heavy (non-hydrogen) atoms. The van der Waals surface area contributed by atoms with Gasteiger partial charge in [-0.25, -0.2) is 0 Å². The number of thioether (sulfide) groups is 1. The number of nitrogens with zero attached hydrogens (tertiary/aromatic N) is 3. The van der Waals surface area contributed by atoms with Crippen molar-refractivity contribution in [3.8, 4) is 0 Å². The molecule has 0 unspecified atom stereocenters. The highest BCUT2D eigenvalue weighted by Crippen LogP contribution is 2.26. The van der Waals surface area contributed by atoms with Crippen LogP contribution in [0, 0.1) is 0 Å². The highest BCUT2D eigenvalue weighted by atomic mass is 79.9. The molecule has 3 rings (SSSR count). The maximum atomic E-state index is 12.3. The first-order chi connectivity index (χ1) is 14.0. The lowest BCUT2D eigenvalue weighted by Gasteiger charge is -2.09. The summed E-state index contributed by atoms with van der Waals surface area (Å²) < 4.78 is 8.59. The first kappa shape index (κ1) is 21.6. The molecule has 2 aromatic heterocycles. The third-order valence-corrected chi connectivity index (χ3v) is 5.95. The van der Waals surface area contributed by atoms with Crippen molar-refractivity contribution >= 4 is 61.1 Å². The summed E-state index contributed by atoms with van der Waals surface area (Å²) in [6.07, 6.45) is 1.44. The van der Waals surface area contributed by atoms with Gasteiger partial charge in [-0.05, 0) is 53.2 Å². The van der Waals surface area contributed by atoms with E-state index in [9.17, 15) is 9.59 Å². The SMILES string of the molecule is CCn1c(CNC(=O)c2ccco2)nnc1SCC(=O)Nc1cc(Br)ccc1Br. The Kier molecular flexibility index (Phi) is 7.51. The Morgan fingerprint density at radius 2 is 2.07 bits per heavy atom. The van der Waals surface area contributed by atoms with E-state index < -0.39 is 0 Å². The summed E-state index contributed by atoms with van der Waals surface area (Å²) in [4.78, 5) is 24.3. The largest absolute Gasteiger partial charge is 0.459 e. The highest BCUT2D eigenvalue weighted by molar-refractivity contribution is 9.11. The van der Waals surface area contributed by atoms with Gasteiger partial charge in [0.05, 0.1) is 24.2 Å². The van der Waals surface area contributed by atoms with Crippen molar-refractivity contribution in [2.75, 3.05) is 11.1 Å². The van der Waals surface area contributed by atoms with Gasteiger partial charge in [0.25, 0.3) is 5.91 Å². The van der Waals surface area contributed by atoms with Gasteiger partial charge in [-0.3, -0.25) is 9.59 Å². The zero-order valence-corrected chi connectivity index (χ0v) is 19.3. The number of carbonyl (C=O) groups excluding carboxylic acids is 2. The van der Waals surface area contributed by atoms with Crippen LogP contribution in [0.4, 0.5) is 5.69 Å². The van der Waals surface area contributed by atoms with Crippen LogP contribution in [-0.4, -0.2) is 32.3 Å². The molecule has 0 aliphatic carbocycles. The number of amides is 2. The quantitative estimate of drug-likeness (QED) is 0.416. The molecule has 2 N–H and O–H groups in total. The van der Waals surface area contributed by atoms with E-state index >= 15 is 0 Å². The Labute approximate surface area is 188 Å². The number of hydrogen-bond acceptors (Lipinski definition) is 6. The lowest BCUT2D eigenvalue weighted by Crippen LogP contribution is -2.24. The van der Waals surface area contributed by atoms with Crippen LogP contribution in [0.2, 0.25) is 0 Å². The lowest BCUT2D eigenvalue weighted by atomic mass is 10.3. The second-order valence-corrected chi connectivity index (χ2v) is 8.48. The van der Waals surface area contributed by atoms with Crippen LogP contribution < -0.4 is 10.6 Å². The van der Waals surface area contributed by atoms with Crippen molar-refractivity contribution in [1.82, 2.24) is 20.1 Å². The van der Waals surface area contributed by atoms with Crippen LogP contribution >= 0.6 is 43.6 Å². The molecular weight excluding hydrogens is 526 g/mol. The fourth-order valence-electron chi connectivity index (χ4n) is 2.44. The zero-order chi connectivity index (χ0) is 20.8. The number of nitrogens with one attached hydrogen (secondary N) is 2. The molecule has 0 saturated heterocycles. The molecule has 0 bridgehead atoms. The second kappa shape index (κ2) is 10.1. The van der Waals surface area contributed by atoms with E-state index in [1.807, 2.05) is 29.7 Å². The van der Waals surface area contributed by atoms with E-state index in [2.05, 4.69) is 52.7 Å². The van der Waals surface area contributed by atoms with Crippen LogP contribution in [-0.2, 0) is 17.9 Å². The molecule has 2 heterocycles. The van der Waals surface area contributed by atoms with Crippen molar-refractivity contribution in [1.29, 1.82) is 0 Å². The molecule has 0 spiro atoms. The molecule has 11 heteroatoms. The summed E-state index contributed by atoms with van der Waals surface area (Å²) in [5.74, 6) is 0.527. The molecule has 1 aromatic carbocycles. The van der Waals surface area contributed by atoms with Crippen molar-refractivity contribution in [3.63, 3.8) is 0 Å². The highest BCUT2D eigenvalue weighted by Gasteiger charge is 2.15. The van der Waals surface area contributed by atoms with Crippen LogP contribution in [0.5, 0.6) is 0 Å². The van der Waals surface area contributed by atoms with Gasteiger partial charge in [-0.15, -0.1) is 10.2 Å². The standard InChI is InChI=1S/C18H17Br2N5O3S/c1-2-25-15(9-21-17(27)14-4-3-7-28-14)23-24-18(25)29-10-16(26)22-13-8-11(19)5-6-12(13)20/h3-8H,2,9-10H2,1H3,(H,21,27)(H,22,26). The number of aromatic nitrogens is 3. The summed E-state index contributed by atoms with van der Waals surface area (Å²) in [5.41, 5.74) is 0.684. The summed E-state index contributed by atoms with van der Waals surface area (Å²) in [6.45, 7) is 2.77. The molecule has 0 fully saturated rings.